The van der Waals surface area contributed by atoms with E-state index >= 15 is 0 Å². The highest BCUT2D eigenvalue weighted by molar-refractivity contribution is 6.30. The quantitative estimate of drug-likeness (QED) is 0.624. The average Bonchev–Trinajstić information content (AvgIpc) is 2.75. The maximum absolute atomic E-state index is 12.6. The van der Waals surface area contributed by atoms with Crippen LogP contribution in [0.25, 0.3) is 17.0 Å². The third-order valence-corrected chi connectivity index (χ3v) is 5.57. The zero-order valence-corrected chi connectivity index (χ0v) is 17.0. The molecule has 0 radical (unpaired) electrons. The van der Waals surface area contributed by atoms with Gasteiger partial charge in [-0.05, 0) is 41.8 Å². The van der Waals surface area contributed by atoms with Gasteiger partial charge in [0.1, 0.15) is 0 Å². The number of nitrogens with zero attached hydrogens (tertiary/aromatic N) is 3. The van der Waals surface area contributed by atoms with Gasteiger partial charge in [-0.2, -0.15) is 0 Å². The lowest BCUT2D eigenvalue weighted by Crippen LogP contribution is -2.48. The summed E-state index contributed by atoms with van der Waals surface area (Å²) in [6.45, 7) is 2.76. The van der Waals surface area contributed by atoms with Crippen LogP contribution in [-0.2, 0) is 11.8 Å². The van der Waals surface area contributed by atoms with E-state index in [0.717, 1.165) is 29.7 Å². The lowest BCUT2D eigenvalue weighted by molar-refractivity contribution is -0.126. The molecule has 0 saturated carbocycles. The van der Waals surface area contributed by atoms with Crippen molar-refractivity contribution in [3.05, 3.63) is 81.6 Å². The molecule has 5 nitrogen and oxygen atoms in total. The van der Waals surface area contributed by atoms with Gasteiger partial charge in [0.25, 0.3) is 5.56 Å². The number of hydrogen-bond acceptors (Lipinski definition) is 3. The van der Waals surface area contributed by atoms with E-state index in [9.17, 15) is 9.59 Å². The fraction of sp³-hybridized carbons (Fsp3) is 0.217. The number of amides is 1. The van der Waals surface area contributed by atoms with Crippen molar-refractivity contribution in [2.75, 3.05) is 31.1 Å². The Morgan fingerprint density at radius 2 is 1.76 bits per heavy atom. The topological polar surface area (TPSA) is 45.6 Å². The standard InChI is InChI=1S/C23H22ClN3O2/c1-25-21-8-3-2-5-17(21)15-18(23(25)29)9-10-22(28)27-13-11-26(12-14-27)20-7-4-6-19(24)16-20/h2-10,15-16H,11-14H2,1H3/b10-9+. The number of fused-ring (bicyclic) bond motifs is 1. The Morgan fingerprint density at radius 3 is 2.52 bits per heavy atom. The summed E-state index contributed by atoms with van der Waals surface area (Å²) in [4.78, 5) is 29.2. The normalized spacial score (nSPS) is 14.7. The molecule has 2 aromatic carbocycles. The summed E-state index contributed by atoms with van der Waals surface area (Å²) in [5.74, 6) is -0.0778. The van der Waals surface area contributed by atoms with E-state index in [0.29, 0.717) is 23.7 Å². The molecule has 2 heterocycles. The first-order valence-corrected chi connectivity index (χ1v) is 9.97. The molecule has 0 unspecified atom stereocenters. The molecular weight excluding hydrogens is 386 g/mol. The molecule has 148 valence electrons. The predicted octanol–water partition coefficient (Wildman–Crippen LogP) is 3.55. The van der Waals surface area contributed by atoms with Crippen molar-refractivity contribution < 1.29 is 4.79 Å². The molecule has 0 bridgehead atoms. The van der Waals surface area contributed by atoms with Gasteiger partial charge in [-0.15, -0.1) is 0 Å². The Kier molecular flexibility index (Phi) is 5.41. The molecule has 1 aromatic heterocycles. The van der Waals surface area contributed by atoms with Gasteiger partial charge >= 0.3 is 0 Å². The predicted molar refractivity (Wildman–Crippen MR) is 118 cm³/mol. The van der Waals surface area contributed by atoms with E-state index in [1.54, 1.807) is 17.7 Å². The highest BCUT2D eigenvalue weighted by Crippen LogP contribution is 2.21. The number of rotatable bonds is 3. The number of para-hydroxylation sites is 1. The van der Waals surface area contributed by atoms with Crippen molar-refractivity contribution in [1.82, 2.24) is 9.47 Å². The van der Waals surface area contributed by atoms with Crippen LogP contribution in [0.2, 0.25) is 5.02 Å². The van der Waals surface area contributed by atoms with Crippen molar-refractivity contribution >= 4 is 40.2 Å². The van der Waals surface area contributed by atoms with Gasteiger partial charge in [0.05, 0.1) is 5.52 Å². The molecule has 6 heteroatoms. The summed E-state index contributed by atoms with van der Waals surface area (Å²) in [7, 11) is 1.75. The number of hydrogen-bond donors (Lipinski definition) is 0. The first kappa shape index (κ1) is 19.3. The summed E-state index contributed by atoms with van der Waals surface area (Å²) in [6, 6.07) is 17.3. The highest BCUT2D eigenvalue weighted by atomic mass is 35.5. The number of pyridine rings is 1. The Balaban J connectivity index is 1.45. The molecule has 4 rings (SSSR count). The molecule has 29 heavy (non-hydrogen) atoms. The second-order valence-electron chi connectivity index (χ2n) is 7.15. The molecule has 1 aliphatic rings. The number of carbonyl (C=O) groups excluding carboxylic acids is 1. The minimum atomic E-state index is -0.112. The number of piperazine rings is 1. The van der Waals surface area contributed by atoms with Crippen molar-refractivity contribution in [2.24, 2.45) is 7.05 Å². The molecule has 3 aromatic rings. The zero-order chi connectivity index (χ0) is 20.4. The van der Waals surface area contributed by atoms with Crippen LogP contribution in [0.5, 0.6) is 0 Å². The van der Waals surface area contributed by atoms with Gasteiger partial charge in [0.2, 0.25) is 5.91 Å². The Hall–Kier alpha value is -3.05. The number of halogens is 1. The van der Waals surface area contributed by atoms with Crippen LogP contribution in [0.4, 0.5) is 5.69 Å². The minimum absolute atomic E-state index is 0.0778. The van der Waals surface area contributed by atoms with E-state index in [4.69, 9.17) is 11.6 Å². The molecule has 0 aliphatic carbocycles. The van der Waals surface area contributed by atoms with E-state index in [-0.39, 0.29) is 11.5 Å². The molecule has 1 amide bonds. The monoisotopic (exact) mass is 407 g/mol. The third kappa shape index (κ3) is 4.05. The molecule has 1 aliphatic heterocycles. The molecule has 0 spiro atoms. The van der Waals surface area contributed by atoms with Crippen LogP contribution in [0.15, 0.2) is 65.5 Å². The maximum Gasteiger partial charge on any atom is 0.258 e. The number of benzene rings is 2. The smallest absolute Gasteiger partial charge is 0.258 e. The van der Waals surface area contributed by atoms with Crippen molar-refractivity contribution in [1.29, 1.82) is 0 Å². The Morgan fingerprint density at radius 1 is 1.00 bits per heavy atom. The first-order valence-electron chi connectivity index (χ1n) is 9.59. The van der Waals surface area contributed by atoms with E-state index in [1.807, 2.05) is 59.5 Å². The second kappa shape index (κ2) is 8.13. The zero-order valence-electron chi connectivity index (χ0n) is 16.2. The highest BCUT2D eigenvalue weighted by Gasteiger charge is 2.20. The fourth-order valence-electron chi connectivity index (χ4n) is 3.69. The minimum Gasteiger partial charge on any atom is -0.368 e. The van der Waals surface area contributed by atoms with E-state index in [1.165, 1.54) is 6.08 Å². The molecule has 1 saturated heterocycles. The maximum atomic E-state index is 12.6. The molecular formula is C23H22ClN3O2. The summed E-state index contributed by atoms with van der Waals surface area (Å²) in [5.41, 5.74) is 2.34. The molecule has 0 N–H and O–H groups in total. The SMILES string of the molecule is Cn1c(=O)c(/C=C/C(=O)N2CCN(c3cccc(Cl)c3)CC2)cc2ccccc21. The lowest BCUT2D eigenvalue weighted by Gasteiger charge is -2.35. The summed E-state index contributed by atoms with van der Waals surface area (Å²) in [5, 5.41) is 1.68. The van der Waals surface area contributed by atoms with Gasteiger partial charge in [-0.25, -0.2) is 0 Å². The summed E-state index contributed by atoms with van der Waals surface area (Å²) < 4.78 is 1.61. The summed E-state index contributed by atoms with van der Waals surface area (Å²) >= 11 is 6.08. The number of carbonyl (C=O) groups is 1. The number of aromatic nitrogens is 1. The van der Waals surface area contributed by atoms with Crippen LogP contribution in [0, 0.1) is 0 Å². The Bertz CT molecular complexity index is 1140. The number of anilines is 1. The van der Waals surface area contributed by atoms with E-state index in [2.05, 4.69) is 4.90 Å². The van der Waals surface area contributed by atoms with Gasteiger partial charge in [-0.3, -0.25) is 9.59 Å². The fourth-order valence-corrected chi connectivity index (χ4v) is 3.88. The van der Waals surface area contributed by atoms with Crippen LogP contribution in [0.1, 0.15) is 5.56 Å². The van der Waals surface area contributed by atoms with Crippen LogP contribution < -0.4 is 10.5 Å². The van der Waals surface area contributed by atoms with Gasteiger partial charge < -0.3 is 14.4 Å². The average molecular weight is 408 g/mol. The van der Waals surface area contributed by atoms with Gasteiger partial charge in [0, 0.05) is 55.6 Å². The van der Waals surface area contributed by atoms with Gasteiger partial charge in [0.15, 0.2) is 0 Å². The second-order valence-corrected chi connectivity index (χ2v) is 7.58. The van der Waals surface area contributed by atoms with Crippen molar-refractivity contribution in [3.63, 3.8) is 0 Å². The van der Waals surface area contributed by atoms with E-state index < -0.39 is 0 Å². The number of aryl methyl sites for hydroxylation is 1. The summed E-state index contributed by atoms with van der Waals surface area (Å²) in [6.07, 6.45) is 3.13. The first-order chi connectivity index (χ1) is 14.0. The van der Waals surface area contributed by atoms with Crippen molar-refractivity contribution in [3.8, 4) is 0 Å². The van der Waals surface area contributed by atoms with Crippen LogP contribution >= 0.6 is 11.6 Å². The third-order valence-electron chi connectivity index (χ3n) is 5.33. The van der Waals surface area contributed by atoms with Gasteiger partial charge in [-0.1, -0.05) is 35.9 Å². The van der Waals surface area contributed by atoms with Crippen LogP contribution in [0.3, 0.4) is 0 Å². The molecule has 1 fully saturated rings. The van der Waals surface area contributed by atoms with Crippen LogP contribution in [-0.4, -0.2) is 41.6 Å². The Labute approximate surface area is 174 Å². The molecule has 0 atom stereocenters. The lowest BCUT2D eigenvalue weighted by atomic mass is 10.1. The van der Waals surface area contributed by atoms with Crippen molar-refractivity contribution in [2.45, 2.75) is 0 Å². The largest absolute Gasteiger partial charge is 0.368 e.